The maximum Gasteiger partial charge on any atom is 0.272 e. The van der Waals surface area contributed by atoms with Crippen molar-refractivity contribution in [1.82, 2.24) is 8.96 Å². The second-order valence-corrected chi connectivity index (χ2v) is 6.90. The molecule has 0 N–H and O–H groups in total. The molecule has 0 fully saturated rings. The Bertz CT molecular complexity index is 782. The number of hydrogen-bond donors (Lipinski definition) is 0. The number of halogens is 1. The minimum atomic E-state index is -3.80. The molecule has 0 aliphatic rings. The second kappa shape index (κ2) is 5.69. The summed E-state index contributed by atoms with van der Waals surface area (Å²) in [6, 6.07) is 3.03. The van der Waals surface area contributed by atoms with Crippen molar-refractivity contribution in [1.29, 1.82) is 0 Å². The topological polar surface area (TPSA) is 61.2 Å². The van der Waals surface area contributed by atoms with Gasteiger partial charge in [0.05, 0.1) is 12.8 Å². The minimum Gasteiger partial charge on any atom is -0.495 e. The lowest BCUT2D eigenvalue weighted by Crippen LogP contribution is -2.16. The van der Waals surface area contributed by atoms with Crippen molar-refractivity contribution in [3.8, 4) is 5.75 Å². The quantitative estimate of drug-likeness (QED) is 0.865. The van der Waals surface area contributed by atoms with E-state index in [1.54, 1.807) is 19.9 Å². The highest BCUT2D eigenvalue weighted by Gasteiger charge is 2.25. The Morgan fingerprint density at radius 2 is 2.00 bits per heavy atom. The molecule has 0 radical (unpaired) electrons. The third-order valence-corrected chi connectivity index (χ3v) is 5.28. The van der Waals surface area contributed by atoms with Gasteiger partial charge in [-0.25, -0.2) is 17.4 Å². The molecule has 0 saturated carbocycles. The van der Waals surface area contributed by atoms with E-state index in [4.69, 9.17) is 16.3 Å². The van der Waals surface area contributed by atoms with Gasteiger partial charge in [0.2, 0.25) is 0 Å². The first-order valence-electron chi connectivity index (χ1n) is 6.45. The number of benzene rings is 1. The summed E-state index contributed by atoms with van der Waals surface area (Å²) in [5.41, 5.74) is 1.40. The number of imidazole rings is 1. The maximum atomic E-state index is 12.9. The van der Waals surface area contributed by atoms with E-state index < -0.39 is 10.0 Å². The van der Waals surface area contributed by atoms with Crippen LogP contribution in [0, 0.1) is 13.8 Å². The molecule has 0 spiro atoms. The van der Waals surface area contributed by atoms with E-state index >= 15 is 0 Å². The van der Waals surface area contributed by atoms with Gasteiger partial charge in [-0.05, 0) is 31.5 Å². The Kier molecular flexibility index (Phi) is 4.30. The summed E-state index contributed by atoms with van der Waals surface area (Å²) in [4.78, 5) is 4.26. The molecule has 0 bridgehead atoms. The van der Waals surface area contributed by atoms with Crippen LogP contribution in [0.15, 0.2) is 23.2 Å². The van der Waals surface area contributed by atoms with Crippen molar-refractivity contribution in [3.05, 3.63) is 40.4 Å². The zero-order valence-corrected chi connectivity index (χ0v) is 13.9. The van der Waals surface area contributed by atoms with Gasteiger partial charge in [-0.3, -0.25) is 0 Å². The predicted octanol–water partition coefficient (Wildman–Crippen LogP) is 2.96. The Hall–Kier alpha value is -1.53. The summed E-state index contributed by atoms with van der Waals surface area (Å²) < 4.78 is 32.1. The molecule has 7 heteroatoms. The number of methoxy groups -OCH3 is 1. The molecule has 0 aliphatic carbocycles. The third kappa shape index (κ3) is 2.78. The standard InChI is InChI=1S/C14H17ClN2O3S/c1-5-14-16-10(3)8-17(14)21(18,19)13-7-11(15)9(2)6-12(13)20-4/h6-8H,5H2,1-4H3. The Labute approximate surface area is 129 Å². The van der Waals surface area contributed by atoms with Crippen LogP contribution < -0.4 is 4.74 Å². The fraction of sp³-hybridized carbons (Fsp3) is 0.357. The highest BCUT2D eigenvalue weighted by molar-refractivity contribution is 7.90. The SMILES string of the molecule is CCc1nc(C)cn1S(=O)(=O)c1cc(Cl)c(C)cc1OC. The largest absolute Gasteiger partial charge is 0.495 e. The van der Waals surface area contributed by atoms with Crippen LogP contribution in [-0.4, -0.2) is 24.5 Å². The summed E-state index contributed by atoms with van der Waals surface area (Å²) in [7, 11) is -2.37. The lowest BCUT2D eigenvalue weighted by molar-refractivity contribution is 0.402. The molecule has 2 rings (SSSR count). The number of aryl methyl sites for hydroxylation is 3. The van der Waals surface area contributed by atoms with E-state index in [0.717, 1.165) is 5.56 Å². The molecule has 0 atom stereocenters. The maximum absolute atomic E-state index is 12.9. The molecular weight excluding hydrogens is 312 g/mol. The lowest BCUT2D eigenvalue weighted by Gasteiger charge is -2.13. The van der Waals surface area contributed by atoms with Gasteiger partial charge in [-0.15, -0.1) is 0 Å². The monoisotopic (exact) mass is 328 g/mol. The van der Waals surface area contributed by atoms with Crippen LogP contribution in [0.3, 0.4) is 0 Å². The van der Waals surface area contributed by atoms with Gasteiger partial charge in [0.1, 0.15) is 16.5 Å². The predicted molar refractivity (Wildman–Crippen MR) is 81.7 cm³/mol. The molecule has 0 aliphatic heterocycles. The summed E-state index contributed by atoms with van der Waals surface area (Å²) in [6.07, 6.45) is 2.01. The number of hydrogen-bond acceptors (Lipinski definition) is 4. The molecule has 0 amide bonds. The number of ether oxygens (including phenoxy) is 1. The fourth-order valence-electron chi connectivity index (χ4n) is 2.07. The molecule has 0 saturated heterocycles. The van der Waals surface area contributed by atoms with Gasteiger partial charge >= 0.3 is 0 Å². The fourth-order valence-corrected chi connectivity index (χ4v) is 3.91. The molecule has 0 unspecified atom stereocenters. The van der Waals surface area contributed by atoms with Gasteiger partial charge < -0.3 is 4.74 Å². The molecule has 21 heavy (non-hydrogen) atoms. The smallest absolute Gasteiger partial charge is 0.272 e. The van der Waals surface area contributed by atoms with E-state index in [-0.39, 0.29) is 10.6 Å². The van der Waals surface area contributed by atoms with Gasteiger partial charge in [-0.1, -0.05) is 18.5 Å². The summed E-state index contributed by atoms with van der Waals surface area (Å²) in [5, 5.41) is 0.379. The van der Waals surface area contributed by atoms with Crippen molar-refractivity contribution >= 4 is 21.6 Å². The average Bonchev–Trinajstić information content (AvgIpc) is 2.83. The van der Waals surface area contributed by atoms with Crippen molar-refractivity contribution in [2.75, 3.05) is 7.11 Å². The number of nitrogens with zero attached hydrogens (tertiary/aromatic N) is 2. The average molecular weight is 329 g/mol. The van der Waals surface area contributed by atoms with Gasteiger partial charge in [0.15, 0.2) is 0 Å². The normalized spacial score (nSPS) is 11.7. The van der Waals surface area contributed by atoms with Crippen LogP contribution in [0.5, 0.6) is 5.75 Å². The van der Waals surface area contributed by atoms with Gasteiger partial charge in [0, 0.05) is 17.6 Å². The van der Waals surface area contributed by atoms with E-state index in [2.05, 4.69) is 4.98 Å². The van der Waals surface area contributed by atoms with Crippen LogP contribution in [-0.2, 0) is 16.4 Å². The van der Waals surface area contributed by atoms with Crippen LogP contribution in [0.2, 0.25) is 5.02 Å². The van der Waals surface area contributed by atoms with Crippen molar-refractivity contribution < 1.29 is 13.2 Å². The Morgan fingerprint density at radius 3 is 2.57 bits per heavy atom. The van der Waals surface area contributed by atoms with Crippen LogP contribution in [0.25, 0.3) is 0 Å². The van der Waals surface area contributed by atoms with E-state index in [0.29, 0.717) is 23.0 Å². The van der Waals surface area contributed by atoms with E-state index in [1.165, 1.54) is 23.3 Å². The molecule has 114 valence electrons. The summed E-state index contributed by atoms with van der Waals surface area (Å²) in [6.45, 7) is 5.40. The third-order valence-electron chi connectivity index (χ3n) is 3.16. The molecule has 5 nitrogen and oxygen atoms in total. The highest BCUT2D eigenvalue weighted by Crippen LogP contribution is 2.32. The van der Waals surface area contributed by atoms with Crippen molar-refractivity contribution in [2.24, 2.45) is 0 Å². The van der Waals surface area contributed by atoms with Gasteiger partial charge in [-0.2, -0.15) is 0 Å². The molecule has 1 aromatic heterocycles. The van der Waals surface area contributed by atoms with E-state index in [1.807, 2.05) is 6.92 Å². The van der Waals surface area contributed by atoms with Crippen LogP contribution in [0.1, 0.15) is 24.0 Å². The Morgan fingerprint density at radius 1 is 1.33 bits per heavy atom. The molecule has 2 aromatic rings. The zero-order valence-electron chi connectivity index (χ0n) is 12.3. The minimum absolute atomic E-state index is 0.0349. The molecular formula is C14H17ClN2O3S. The lowest BCUT2D eigenvalue weighted by atomic mass is 10.2. The number of aromatic nitrogens is 2. The summed E-state index contributed by atoms with van der Waals surface area (Å²) in [5.74, 6) is 0.747. The first-order valence-corrected chi connectivity index (χ1v) is 8.27. The highest BCUT2D eigenvalue weighted by atomic mass is 35.5. The van der Waals surface area contributed by atoms with Crippen LogP contribution in [0.4, 0.5) is 0 Å². The van der Waals surface area contributed by atoms with Crippen molar-refractivity contribution in [3.63, 3.8) is 0 Å². The summed E-state index contributed by atoms with van der Waals surface area (Å²) >= 11 is 6.07. The van der Waals surface area contributed by atoms with Gasteiger partial charge in [0.25, 0.3) is 10.0 Å². The second-order valence-electron chi connectivity index (χ2n) is 4.71. The molecule has 1 heterocycles. The van der Waals surface area contributed by atoms with Crippen LogP contribution >= 0.6 is 11.6 Å². The first kappa shape index (κ1) is 15.9. The first-order chi connectivity index (χ1) is 9.81. The van der Waals surface area contributed by atoms with E-state index in [9.17, 15) is 8.42 Å². The van der Waals surface area contributed by atoms with Crippen molar-refractivity contribution in [2.45, 2.75) is 32.1 Å². The molecule has 1 aromatic carbocycles. The zero-order chi connectivity index (χ0) is 15.8. The Balaban J connectivity index is 2.72. The number of rotatable bonds is 4.